The molecule has 1 aliphatic heterocycles. The third kappa shape index (κ3) is 1.77. The smallest absolute Gasteiger partial charge is 0.239 e. The Morgan fingerprint density at radius 1 is 1.58 bits per heavy atom. The van der Waals surface area contributed by atoms with Crippen LogP contribution < -0.4 is 16.8 Å². The molecule has 1 heterocycles. The average molecular weight is 173 g/mol. The van der Waals surface area contributed by atoms with Crippen molar-refractivity contribution in [2.45, 2.75) is 0 Å². The van der Waals surface area contributed by atoms with Crippen molar-refractivity contribution in [2.75, 3.05) is 14.2 Å². The maximum Gasteiger partial charge on any atom is 0.239 e. The molecule has 0 aromatic carbocycles. The molecule has 0 aromatic rings. The third-order valence-electron chi connectivity index (χ3n) is 1.22. The van der Waals surface area contributed by atoms with Gasteiger partial charge in [0.2, 0.25) is 11.8 Å². The van der Waals surface area contributed by atoms with E-state index in [-0.39, 0.29) is 0 Å². The fraction of sp³-hybridized carbons (Fsp3) is 0.400. The minimum Gasteiger partial charge on any atom is -0.481 e. The monoisotopic (exact) mass is 173 g/mol. The van der Waals surface area contributed by atoms with Gasteiger partial charge in [-0.25, -0.2) is 5.43 Å². The number of hydrogen-bond acceptors (Lipinski definition) is 7. The minimum absolute atomic E-state index is 0.392. The first-order valence-electron chi connectivity index (χ1n) is 3.21. The highest BCUT2D eigenvalue weighted by atomic mass is 16.5. The number of methoxy groups -OCH3 is 2. The summed E-state index contributed by atoms with van der Waals surface area (Å²) in [4.78, 5) is 0. The second-order valence-electron chi connectivity index (χ2n) is 1.91. The molecule has 7 nitrogen and oxygen atoms in total. The van der Waals surface area contributed by atoms with Crippen LogP contribution in [0.2, 0.25) is 0 Å². The summed E-state index contributed by atoms with van der Waals surface area (Å²) in [5, 5.41) is 5.01. The van der Waals surface area contributed by atoms with Crippen LogP contribution in [0, 0.1) is 0 Å². The highest BCUT2D eigenvalue weighted by molar-refractivity contribution is 5.88. The van der Waals surface area contributed by atoms with Crippen LogP contribution in [-0.2, 0) is 9.47 Å². The van der Waals surface area contributed by atoms with E-state index in [9.17, 15) is 0 Å². The maximum absolute atomic E-state index is 5.11. The van der Waals surface area contributed by atoms with E-state index in [0.717, 1.165) is 5.23 Å². The van der Waals surface area contributed by atoms with Crippen molar-refractivity contribution >= 4 is 5.90 Å². The van der Waals surface area contributed by atoms with Crippen LogP contribution in [0.1, 0.15) is 0 Å². The Kier molecular flexibility index (Phi) is 2.72. The zero-order valence-electron chi connectivity index (χ0n) is 6.87. The van der Waals surface area contributed by atoms with Crippen LogP contribution in [0.4, 0.5) is 0 Å². The minimum atomic E-state index is 0.392. The van der Waals surface area contributed by atoms with Gasteiger partial charge in [-0.15, -0.1) is 15.9 Å². The lowest BCUT2D eigenvalue weighted by Crippen LogP contribution is -2.50. The normalized spacial score (nSPS) is 16.1. The highest BCUT2D eigenvalue weighted by Gasteiger charge is 2.11. The molecule has 12 heavy (non-hydrogen) atoms. The maximum atomic E-state index is 5.11. The first-order valence-corrected chi connectivity index (χ1v) is 3.21. The van der Waals surface area contributed by atoms with E-state index in [4.69, 9.17) is 15.3 Å². The van der Waals surface area contributed by atoms with Crippen LogP contribution in [0.3, 0.4) is 0 Å². The number of nitrogens with zero attached hydrogens (tertiary/aromatic N) is 2. The summed E-state index contributed by atoms with van der Waals surface area (Å²) in [5.41, 5.74) is 4.95. The van der Waals surface area contributed by atoms with Crippen molar-refractivity contribution < 1.29 is 9.47 Å². The van der Waals surface area contributed by atoms with E-state index in [0.29, 0.717) is 11.8 Å². The van der Waals surface area contributed by atoms with Crippen LogP contribution in [0.15, 0.2) is 17.1 Å². The van der Waals surface area contributed by atoms with Gasteiger partial charge in [0.15, 0.2) is 0 Å². The molecule has 68 valence electrons. The Bertz CT molecular complexity index is 214. The number of ether oxygens (including phenoxy) is 2. The lowest BCUT2D eigenvalue weighted by molar-refractivity contribution is 0.0829. The molecule has 0 atom stereocenters. The summed E-state index contributed by atoms with van der Waals surface area (Å²) in [7, 11) is 3.02. The lowest BCUT2D eigenvalue weighted by atomic mass is 10.5. The van der Waals surface area contributed by atoms with Crippen LogP contribution >= 0.6 is 0 Å². The summed E-state index contributed by atoms with van der Waals surface area (Å²) in [6, 6.07) is 0. The lowest BCUT2D eigenvalue weighted by Gasteiger charge is -2.23. The predicted octanol–water partition coefficient (Wildman–Crippen LogP) is -1.37. The Morgan fingerprint density at radius 2 is 2.33 bits per heavy atom. The van der Waals surface area contributed by atoms with E-state index in [1.807, 2.05) is 0 Å². The zero-order valence-corrected chi connectivity index (χ0v) is 6.87. The summed E-state index contributed by atoms with van der Waals surface area (Å²) in [6.45, 7) is 0. The van der Waals surface area contributed by atoms with E-state index in [1.165, 1.54) is 14.2 Å². The van der Waals surface area contributed by atoms with E-state index in [1.54, 1.807) is 6.08 Å². The Balaban J connectivity index is 2.70. The fourth-order valence-corrected chi connectivity index (χ4v) is 0.667. The second-order valence-corrected chi connectivity index (χ2v) is 1.91. The van der Waals surface area contributed by atoms with Crippen molar-refractivity contribution in [1.82, 2.24) is 16.2 Å². The molecule has 4 N–H and O–H groups in total. The number of nitrogens with one attached hydrogen (secondary N) is 2. The number of hydrogen-bond donors (Lipinski definition) is 3. The van der Waals surface area contributed by atoms with Gasteiger partial charge in [0.1, 0.15) is 0 Å². The quantitative estimate of drug-likeness (QED) is 0.353. The first-order chi connectivity index (χ1) is 5.80. The van der Waals surface area contributed by atoms with Gasteiger partial charge in [-0.05, 0) is 0 Å². The molecule has 0 saturated carbocycles. The fourth-order valence-electron chi connectivity index (χ4n) is 0.667. The number of nitrogens with two attached hydrogens (primary N) is 1. The van der Waals surface area contributed by atoms with Crippen molar-refractivity contribution in [3.8, 4) is 0 Å². The molecular weight excluding hydrogens is 162 g/mol. The van der Waals surface area contributed by atoms with Crippen molar-refractivity contribution in [3.05, 3.63) is 12.0 Å². The summed E-state index contributed by atoms with van der Waals surface area (Å²) >= 11 is 0. The van der Waals surface area contributed by atoms with Gasteiger partial charge in [0, 0.05) is 0 Å². The molecular formula is C5H11N5O2. The molecule has 0 aliphatic carbocycles. The second kappa shape index (κ2) is 3.79. The predicted molar refractivity (Wildman–Crippen MR) is 41.8 cm³/mol. The Hall–Kier alpha value is -1.47. The van der Waals surface area contributed by atoms with Gasteiger partial charge in [-0.2, -0.15) is 0 Å². The van der Waals surface area contributed by atoms with Gasteiger partial charge in [0.05, 0.1) is 20.3 Å². The molecule has 0 fully saturated rings. The van der Waals surface area contributed by atoms with Gasteiger partial charge < -0.3 is 9.47 Å². The van der Waals surface area contributed by atoms with Gasteiger partial charge in [-0.1, -0.05) is 0 Å². The molecule has 1 rings (SSSR count). The molecule has 0 spiro atoms. The third-order valence-corrected chi connectivity index (χ3v) is 1.22. The summed E-state index contributed by atoms with van der Waals surface area (Å²) in [6.07, 6.45) is 1.59. The summed E-state index contributed by atoms with van der Waals surface area (Å²) in [5.74, 6) is 5.98. The number of hydrazone groups is 1. The van der Waals surface area contributed by atoms with E-state index >= 15 is 0 Å². The molecule has 0 unspecified atom stereocenters. The number of hydrazine groups is 3. The molecule has 0 bridgehead atoms. The summed E-state index contributed by atoms with van der Waals surface area (Å²) < 4.78 is 9.78. The number of rotatable bonds is 2. The molecule has 0 radical (unpaired) electrons. The molecule has 0 amide bonds. The van der Waals surface area contributed by atoms with Gasteiger partial charge >= 0.3 is 0 Å². The SMILES string of the molecule is COC1=CC(OC)=NN(NN)N1. The Morgan fingerprint density at radius 3 is 2.83 bits per heavy atom. The highest BCUT2D eigenvalue weighted by Crippen LogP contribution is 2.00. The zero-order chi connectivity index (χ0) is 8.97. The molecule has 0 saturated heterocycles. The van der Waals surface area contributed by atoms with E-state index < -0.39 is 0 Å². The molecule has 7 heteroatoms. The van der Waals surface area contributed by atoms with Crippen molar-refractivity contribution in [3.63, 3.8) is 0 Å². The average Bonchev–Trinajstić information content (AvgIpc) is 2.16. The standard InChI is InChI=1S/C5H11N5O2/c1-11-4-3-5(12-2)8-10(7-4)9-6/h3,7,9H,6H2,1-2H3. The van der Waals surface area contributed by atoms with Crippen molar-refractivity contribution in [2.24, 2.45) is 10.9 Å². The van der Waals surface area contributed by atoms with Crippen LogP contribution in [0.5, 0.6) is 0 Å². The van der Waals surface area contributed by atoms with Crippen LogP contribution in [-0.4, -0.2) is 25.3 Å². The van der Waals surface area contributed by atoms with Crippen LogP contribution in [0.25, 0.3) is 0 Å². The van der Waals surface area contributed by atoms with E-state index in [2.05, 4.69) is 16.1 Å². The Labute approximate surface area is 69.7 Å². The molecule has 1 aliphatic rings. The largest absolute Gasteiger partial charge is 0.481 e. The topological polar surface area (TPSA) is 84.1 Å². The van der Waals surface area contributed by atoms with Gasteiger partial charge in [0.25, 0.3) is 0 Å². The van der Waals surface area contributed by atoms with Gasteiger partial charge in [-0.3, -0.25) is 5.84 Å². The van der Waals surface area contributed by atoms with Crippen molar-refractivity contribution in [1.29, 1.82) is 0 Å². The first kappa shape index (κ1) is 8.62. The molecule has 0 aromatic heterocycles.